The molecule has 0 bridgehead atoms. The number of rotatable bonds is 6. The van der Waals surface area contributed by atoms with Crippen LogP contribution in [-0.4, -0.2) is 43.4 Å². The Morgan fingerprint density at radius 3 is 2.45 bits per heavy atom. The molecule has 0 unspecified atom stereocenters. The Kier molecular flexibility index (Phi) is 6.31. The zero-order chi connectivity index (χ0) is 21.6. The zero-order valence-corrected chi connectivity index (χ0v) is 17.8. The van der Waals surface area contributed by atoms with Gasteiger partial charge in [-0.3, -0.25) is 4.79 Å². The number of hydrogen-bond acceptors (Lipinski definition) is 6. The van der Waals surface area contributed by atoms with Crippen molar-refractivity contribution in [1.82, 2.24) is 10.2 Å². The second kappa shape index (κ2) is 9.47. The van der Waals surface area contributed by atoms with E-state index in [1.807, 2.05) is 36.4 Å². The van der Waals surface area contributed by atoms with Gasteiger partial charge in [0.15, 0.2) is 17.3 Å². The number of nitrogens with zero attached hydrogens (tertiary/aromatic N) is 3. The highest BCUT2D eigenvalue weighted by Gasteiger charge is 2.17. The maximum Gasteiger partial charge on any atom is 0.259 e. The van der Waals surface area contributed by atoms with E-state index < -0.39 is 0 Å². The van der Waals surface area contributed by atoms with Crippen molar-refractivity contribution in [2.45, 2.75) is 19.3 Å². The molecular weight excluding hydrogens is 392 g/mol. The Morgan fingerprint density at radius 2 is 1.74 bits per heavy atom. The average Bonchev–Trinajstić information content (AvgIpc) is 2.84. The van der Waals surface area contributed by atoms with Crippen molar-refractivity contribution < 1.29 is 14.3 Å². The van der Waals surface area contributed by atoms with Gasteiger partial charge in [-0.05, 0) is 55.7 Å². The minimum absolute atomic E-state index is 0.278. The van der Waals surface area contributed by atoms with Crippen LogP contribution in [-0.2, 0) is 0 Å². The van der Waals surface area contributed by atoms with Crippen LogP contribution < -0.4 is 19.7 Å². The van der Waals surface area contributed by atoms with Gasteiger partial charge in [0.1, 0.15) is 0 Å². The first-order valence-corrected chi connectivity index (χ1v) is 10.4. The number of piperidine rings is 1. The van der Waals surface area contributed by atoms with E-state index in [4.69, 9.17) is 9.47 Å². The molecule has 2 aromatic carbocycles. The van der Waals surface area contributed by atoms with Crippen molar-refractivity contribution in [1.29, 1.82) is 0 Å². The second-order valence-corrected chi connectivity index (χ2v) is 7.40. The van der Waals surface area contributed by atoms with E-state index in [0.717, 1.165) is 30.2 Å². The molecule has 7 heteroatoms. The second-order valence-electron chi connectivity index (χ2n) is 7.40. The van der Waals surface area contributed by atoms with Gasteiger partial charge in [-0.2, -0.15) is 0 Å². The first kappa shape index (κ1) is 20.7. The number of methoxy groups -OCH3 is 2. The molecule has 31 heavy (non-hydrogen) atoms. The molecule has 1 aliphatic heterocycles. The van der Waals surface area contributed by atoms with Crippen molar-refractivity contribution in [2.24, 2.45) is 0 Å². The highest BCUT2D eigenvalue weighted by Crippen LogP contribution is 2.31. The first-order valence-electron chi connectivity index (χ1n) is 10.4. The fraction of sp³-hybridized carbons (Fsp3) is 0.292. The highest BCUT2D eigenvalue weighted by molar-refractivity contribution is 6.07. The van der Waals surface area contributed by atoms with Gasteiger partial charge < -0.3 is 19.7 Å². The number of ether oxygens (including phenoxy) is 2. The lowest BCUT2D eigenvalue weighted by Crippen LogP contribution is -2.30. The van der Waals surface area contributed by atoms with E-state index in [-0.39, 0.29) is 5.91 Å². The summed E-state index contributed by atoms with van der Waals surface area (Å²) < 4.78 is 10.7. The minimum atomic E-state index is -0.278. The molecule has 1 aliphatic rings. The van der Waals surface area contributed by atoms with Crippen LogP contribution in [0.2, 0.25) is 0 Å². The third-order valence-corrected chi connectivity index (χ3v) is 5.39. The van der Waals surface area contributed by atoms with Gasteiger partial charge in [0, 0.05) is 24.3 Å². The van der Waals surface area contributed by atoms with Gasteiger partial charge in [-0.25, -0.2) is 0 Å². The van der Waals surface area contributed by atoms with Crippen LogP contribution in [0.5, 0.6) is 11.5 Å². The van der Waals surface area contributed by atoms with Crippen LogP contribution in [0.1, 0.15) is 29.6 Å². The van der Waals surface area contributed by atoms with Gasteiger partial charge in [-0.1, -0.05) is 18.2 Å². The number of carbonyl (C=O) groups excluding carboxylic acids is 1. The zero-order valence-electron chi connectivity index (χ0n) is 17.8. The number of para-hydroxylation sites is 1. The van der Waals surface area contributed by atoms with Crippen LogP contribution in [0, 0.1) is 0 Å². The molecule has 1 N–H and O–H groups in total. The Balaban J connectivity index is 1.52. The third-order valence-electron chi connectivity index (χ3n) is 5.39. The first-order chi connectivity index (χ1) is 15.2. The minimum Gasteiger partial charge on any atom is -0.493 e. The fourth-order valence-corrected chi connectivity index (χ4v) is 3.79. The fourth-order valence-electron chi connectivity index (χ4n) is 3.79. The predicted molar refractivity (Wildman–Crippen MR) is 121 cm³/mol. The van der Waals surface area contributed by atoms with Crippen LogP contribution in [0.4, 0.5) is 11.5 Å². The average molecular weight is 418 g/mol. The number of benzene rings is 2. The van der Waals surface area contributed by atoms with E-state index in [9.17, 15) is 4.79 Å². The standard InChI is InChI=1S/C24H26N4O3/c1-30-21-11-7-10-19(23(21)31-2)24(29)25-18-9-6-8-17(16-18)20-12-13-22(27-26-20)28-14-4-3-5-15-28/h6-13,16H,3-5,14-15H2,1-2H3,(H,25,29). The smallest absolute Gasteiger partial charge is 0.259 e. The molecule has 1 fully saturated rings. The highest BCUT2D eigenvalue weighted by atomic mass is 16.5. The summed E-state index contributed by atoms with van der Waals surface area (Å²) in [6.45, 7) is 2.06. The molecule has 0 spiro atoms. The van der Waals surface area contributed by atoms with E-state index >= 15 is 0 Å². The van der Waals surface area contributed by atoms with Crippen LogP contribution >= 0.6 is 0 Å². The summed E-state index contributed by atoms with van der Waals surface area (Å²) in [5.74, 6) is 1.54. The number of carbonyl (C=O) groups is 1. The number of amides is 1. The Hall–Kier alpha value is -3.61. The summed E-state index contributed by atoms with van der Waals surface area (Å²) in [4.78, 5) is 15.1. The maximum absolute atomic E-state index is 12.8. The number of aromatic nitrogens is 2. The van der Waals surface area contributed by atoms with E-state index in [1.54, 1.807) is 25.3 Å². The molecule has 0 saturated carbocycles. The molecule has 1 saturated heterocycles. The number of anilines is 2. The molecule has 0 aliphatic carbocycles. The summed E-state index contributed by atoms with van der Waals surface area (Å²) in [5, 5.41) is 11.8. The van der Waals surface area contributed by atoms with Gasteiger partial charge in [0.2, 0.25) is 0 Å². The lowest BCUT2D eigenvalue weighted by atomic mass is 10.1. The molecule has 7 nitrogen and oxygen atoms in total. The van der Waals surface area contributed by atoms with Crippen molar-refractivity contribution in [3.05, 3.63) is 60.2 Å². The molecule has 4 rings (SSSR count). The topological polar surface area (TPSA) is 76.6 Å². The van der Waals surface area contributed by atoms with Gasteiger partial charge in [-0.15, -0.1) is 10.2 Å². The van der Waals surface area contributed by atoms with Crippen molar-refractivity contribution in [2.75, 3.05) is 37.5 Å². The molecule has 0 atom stereocenters. The summed E-state index contributed by atoms with van der Waals surface area (Å²) in [6.07, 6.45) is 3.68. The SMILES string of the molecule is COc1cccc(C(=O)Nc2cccc(-c3ccc(N4CCCCC4)nn3)c2)c1OC. The van der Waals surface area contributed by atoms with Crippen molar-refractivity contribution in [3.63, 3.8) is 0 Å². The van der Waals surface area contributed by atoms with Gasteiger partial charge in [0.05, 0.1) is 25.5 Å². The third kappa shape index (κ3) is 4.60. The van der Waals surface area contributed by atoms with Crippen molar-refractivity contribution in [3.8, 4) is 22.8 Å². The quantitative estimate of drug-likeness (QED) is 0.639. The Morgan fingerprint density at radius 1 is 0.935 bits per heavy atom. The van der Waals surface area contributed by atoms with Crippen LogP contribution in [0.3, 0.4) is 0 Å². The molecule has 160 valence electrons. The Bertz CT molecular complexity index is 1050. The summed E-state index contributed by atoms with van der Waals surface area (Å²) >= 11 is 0. The molecule has 1 amide bonds. The van der Waals surface area contributed by atoms with E-state index in [0.29, 0.717) is 22.7 Å². The van der Waals surface area contributed by atoms with Gasteiger partial charge in [0.25, 0.3) is 5.91 Å². The van der Waals surface area contributed by atoms with Crippen molar-refractivity contribution >= 4 is 17.4 Å². The number of hydrogen-bond donors (Lipinski definition) is 1. The summed E-state index contributed by atoms with van der Waals surface area (Å²) in [7, 11) is 3.06. The monoisotopic (exact) mass is 418 g/mol. The van der Waals surface area contributed by atoms with Crippen LogP contribution in [0.15, 0.2) is 54.6 Å². The van der Waals surface area contributed by atoms with E-state index in [2.05, 4.69) is 20.4 Å². The van der Waals surface area contributed by atoms with E-state index in [1.165, 1.54) is 26.4 Å². The lowest BCUT2D eigenvalue weighted by molar-refractivity contribution is 0.102. The molecule has 0 radical (unpaired) electrons. The van der Waals surface area contributed by atoms with Gasteiger partial charge >= 0.3 is 0 Å². The molecule has 2 heterocycles. The molecule has 1 aromatic heterocycles. The Labute approximate surface area is 182 Å². The maximum atomic E-state index is 12.8. The molecular formula is C24H26N4O3. The normalized spacial score (nSPS) is 13.5. The largest absolute Gasteiger partial charge is 0.493 e. The summed E-state index contributed by atoms with van der Waals surface area (Å²) in [5.41, 5.74) is 2.70. The number of nitrogens with one attached hydrogen (secondary N) is 1. The lowest BCUT2D eigenvalue weighted by Gasteiger charge is -2.27. The summed E-state index contributed by atoms with van der Waals surface area (Å²) in [6, 6.07) is 16.8. The van der Waals surface area contributed by atoms with Crippen LogP contribution in [0.25, 0.3) is 11.3 Å². The predicted octanol–water partition coefficient (Wildman–Crippen LogP) is 4.40. The molecule has 3 aromatic rings.